The standard InChI is InChI=1S/C18H32NO5P/c1-3-5-6-7-14-23-17-10-8-16(9-11-17)12-13-18(19,4-2)15-24-25(20,21)22/h8-11H,3-7,12-15,19H2,1-2H3,(H2,20,21,22)/t18-/m1/s1. The smallest absolute Gasteiger partial charge is 0.469 e. The van der Waals surface area contributed by atoms with Gasteiger partial charge in [0.25, 0.3) is 0 Å². The SMILES string of the molecule is CCCCCCOc1ccc(CC[C@](N)(CC)COP(=O)(O)O)cc1. The second kappa shape index (κ2) is 10.9. The van der Waals surface area contributed by atoms with Crippen LogP contribution in [0.3, 0.4) is 0 Å². The van der Waals surface area contributed by atoms with Crippen molar-refractivity contribution < 1.29 is 23.6 Å². The van der Waals surface area contributed by atoms with Crippen molar-refractivity contribution in [3.05, 3.63) is 29.8 Å². The summed E-state index contributed by atoms with van der Waals surface area (Å²) in [6, 6.07) is 7.90. The van der Waals surface area contributed by atoms with E-state index in [1.807, 2.05) is 31.2 Å². The van der Waals surface area contributed by atoms with E-state index in [1.165, 1.54) is 19.3 Å². The topological polar surface area (TPSA) is 102 Å². The van der Waals surface area contributed by atoms with Crippen molar-refractivity contribution >= 4 is 7.82 Å². The summed E-state index contributed by atoms with van der Waals surface area (Å²) in [5.41, 5.74) is 6.55. The number of unbranched alkanes of at least 4 members (excludes halogenated alkanes) is 3. The van der Waals surface area contributed by atoms with Gasteiger partial charge >= 0.3 is 7.82 Å². The molecule has 0 saturated carbocycles. The highest BCUT2D eigenvalue weighted by atomic mass is 31.2. The Labute approximate surface area is 151 Å². The van der Waals surface area contributed by atoms with Gasteiger partial charge < -0.3 is 20.3 Å². The molecule has 0 fully saturated rings. The van der Waals surface area contributed by atoms with Gasteiger partial charge in [0.05, 0.1) is 13.2 Å². The second-order valence-corrected chi connectivity index (χ2v) is 7.77. The van der Waals surface area contributed by atoms with Gasteiger partial charge in [0.1, 0.15) is 5.75 Å². The highest BCUT2D eigenvalue weighted by Crippen LogP contribution is 2.37. The van der Waals surface area contributed by atoms with Crippen molar-refractivity contribution in [2.24, 2.45) is 5.73 Å². The van der Waals surface area contributed by atoms with Crippen molar-refractivity contribution in [3.63, 3.8) is 0 Å². The number of hydrogen-bond acceptors (Lipinski definition) is 4. The van der Waals surface area contributed by atoms with Crippen LogP contribution in [0.25, 0.3) is 0 Å². The zero-order valence-electron chi connectivity index (χ0n) is 15.3. The fourth-order valence-corrected chi connectivity index (χ4v) is 2.85. The monoisotopic (exact) mass is 373 g/mol. The molecule has 1 aromatic carbocycles. The zero-order chi connectivity index (χ0) is 18.8. The van der Waals surface area contributed by atoms with E-state index in [0.29, 0.717) is 19.3 Å². The van der Waals surface area contributed by atoms with Crippen LogP contribution in [0, 0.1) is 0 Å². The summed E-state index contributed by atoms with van der Waals surface area (Å²) in [4.78, 5) is 17.7. The first-order chi connectivity index (χ1) is 11.8. The summed E-state index contributed by atoms with van der Waals surface area (Å²) in [5, 5.41) is 0. The van der Waals surface area contributed by atoms with Crippen LogP contribution < -0.4 is 10.5 Å². The van der Waals surface area contributed by atoms with Crippen LogP contribution in [0.1, 0.15) is 57.9 Å². The molecule has 0 saturated heterocycles. The lowest BCUT2D eigenvalue weighted by molar-refractivity contribution is 0.144. The molecule has 4 N–H and O–H groups in total. The maximum absolute atomic E-state index is 10.9. The van der Waals surface area contributed by atoms with E-state index in [0.717, 1.165) is 24.3 Å². The summed E-state index contributed by atoms with van der Waals surface area (Å²) in [7, 11) is -4.49. The van der Waals surface area contributed by atoms with Gasteiger partial charge in [-0.2, -0.15) is 0 Å². The Balaban J connectivity index is 2.42. The predicted octanol–water partition coefficient (Wildman–Crippen LogP) is 3.80. The highest BCUT2D eigenvalue weighted by Gasteiger charge is 2.27. The van der Waals surface area contributed by atoms with Gasteiger partial charge in [-0.05, 0) is 43.4 Å². The lowest BCUT2D eigenvalue weighted by atomic mass is 9.90. The Morgan fingerprint density at radius 2 is 1.80 bits per heavy atom. The molecule has 25 heavy (non-hydrogen) atoms. The fourth-order valence-electron chi connectivity index (χ4n) is 2.43. The van der Waals surface area contributed by atoms with Crippen LogP contribution in [0.4, 0.5) is 0 Å². The molecule has 0 radical (unpaired) electrons. The quantitative estimate of drug-likeness (QED) is 0.359. The minimum absolute atomic E-state index is 0.160. The molecule has 0 spiro atoms. The third-order valence-electron chi connectivity index (χ3n) is 4.33. The molecule has 0 unspecified atom stereocenters. The number of phosphoric acid groups is 1. The Hall–Kier alpha value is -0.910. The average molecular weight is 373 g/mol. The number of phosphoric ester groups is 1. The Bertz CT molecular complexity index is 531. The Morgan fingerprint density at radius 3 is 2.36 bits per heavy atom. The molecule has 0 aromatic heterocycles. The summed E-state index contributed by atoms with van der Waals surface area (Å²) in [5.74, 6) is 0.861. The molecular formula is C18H32NO5P. The maximum atomic E-state index is 10.9. The largest absolute Gasteiger partial charge is 0.494 e. The molecule has 144 valence electrons. The van der Waals surface area contributed by atoms with E-state index < -0.39 is 13.4 Å². The lowest BCUT2D eigenvalue weighted by Gasteiger charge is -2.28. The number of nitrogens with two attached hydrogens (primary N) is 1. The van der Waals surface area contributed by atoms with E-state index >= 15 is 0 Å². The van der Waals surface area contributed by atoms with Crippen LogP contribution >= 0.6 is 7.82 Å². The molecular weight excluding hydrogens is 341 g/mol. The van der Waals surface area contributed by atoms with E-state index in [1.54, 1.807) is 0 Å². The van der Waals surface area contributed by atoms with Crippen molar-refractivity contribution in [3.8, 4) is 5.75 Å². The summed E-state index contributed by atoms with van der Waals surface area (Å²) < 4.78 is 21.2. The molecule has 0 aliphatic rings. The van der Waals surface area contributed by atoms with E-state index in [4.69, 9.17) is 20.3 Å². The second-order valence-electron chi connectivity index (χ2n) is 6.53. The van der Waals surface area contributed by atoms with Gasteiger partial charge in [0, 0.05) is 5.54 Å². The normalized spacial score (nSPS) is 14.3. The van der Waals surface area contributed by atoms with Crippen molar-refractivity contribution in [1.82, 2.24) is 0 Å². The van der Waals surface area contributed by atoms with Gasteiger partial charge in [-0.1, -0.05) is 45.2 Å². The molecule has 0 bridgehead atoms. The minimum Gasteiger partial charge on any atom is -0.494 e. The minimum atomic E-state index is -4.49. The summed E-state index contributed by atoms with van der Waals surface area (Å²) >= 11 is 0. The third kappa shape index (κ3) is 9.97. The average Bonchev–Trinajstić information content (AvgIpc) is 2.58. The first-order valence-electron chi connectivity index (χ1n) is 8.99. The number of hydrogen-bond donors (Lipinski definition) is 3. The molecule has 7 heteroatoms. The first-order valence-corrected chi connectivity index (χ1v) is 10.5. The molecule has 1 aromatic rings. The molecule has 0 aliphatic heterocycles. The summed E-state index contributed by atoms with van der Waals surface area (Å²) in [6.07, 6.45) is 6.60. The van der Waals surface area contributed by atoms with Crippen molar-refractivity contribution in [2.75, 3.05) is 13.2 Å². The maximum Gasteiger partial charge on any atom is 0.469 e. The molecule has 0 amide bonds. The van der Waals surface area contributed by atoms with E-state index in [9.17, 15) is 4.57 Å². The zero-order valence-corrected chi connectivity index (χ0v) is 16.2. The van der Waals surface area contributed by atoms with Gasteiger partial charge in [-0.3, -0.25) is 4.52 Å². The Kier molecular flexibility index (Phi) is 9.69. The van der Waals surface area contributed by atoms with Crippen LogP contribution in [0.15, 0.2) is 24.3 Å². The number of rotatable bonds is 13. The predicted molar refractivity (Wildman–Crippen MR) is 99.6 cm³/mol. The molecule has 6 nitrogen and oxygen atoms in total. The van der Waals surface area contributed by atoms with Crippen LogP contribution in [-0.4, -0.2) is 28.5 Å². The summed E-state index contributed by atoms with van der Waals surface area (Å²) in [6.45, 7) is 4.65. The molecule has 1 rings (SSSR count). The van der Waals surface area contributed by atoms with Crippen LogP contribution in [-0.2, 0) is 15.5 Å². The van der Waals surface area contributed by atoms with Crippen LogP contribution in [0.5, 0.6) is 5.75 Å². The van der Waals surface area contributed by atoms with Crippen molar-refractivity contribution in [1.29, 1.82) is 0 Å². The van der Waals surface area contributed by atoms with Gasteiger partial charge in [-0.15, -0.1) is 0 Å². The molecule has 0 heterocycles. The molecule has 1 atom stereocenters. The lowest BCUT2D eigenvalue weighted by Crippen LogP contribution is -2.44. The number of ether oxygens (including phenoxy) is 1. The third-order valence-corrected chi connectivity index (χ3v) is 4.79. The van der Waals surface area contributed by atoms with Gasteiger partial charge in [0.15, 0.2) is 0 Å². The van der Waals surface area contributed by atoms with E-state index in [-0.39, 0.29) is 6.61 Å². The van der Waals surface area contributed by atoms with Gasteiger partial charge in [-0.25, -0.2) is 4.57 Å². The van der Waals surface area contributed by atoms with E-state index in [2.05, 4.69) is 11.4 Å². The first kappa shape index (κ1) is 22.1. The number of benzene rings is 1. The Morgan fingerprint density at radius 1 is 1.12 bits per heavy atom. The highest BCUT2D eigenvalue weighted by molar-refractivity contribution is 7.46. The van der Waals surface area contributed by atoms with Gasteiger partial charge in [0.2, 0.25) is 0 Å². The van der Waals surface area contributed by atoms with Crippen LogP contribution in [0.2, 0.25) is 0 Å². The number of aryl methyl sites for hydroxylation is 1. The molecule has 0 aliphatic carbocycles. The van der Waals surface area contributed by atoms with Crippen molar-refractivity contribution in [2.45, 2.75) is 64.3 Å². The fraction of sp³-hybridized carbons (Fsp3) is 0.667.